The Morgan fingerprint density at radius 3 is 1.68 bits per heavy atom. The average Bonchev–Trinajstić information content (AvgIpc) is 2.90. The van der Waals surface area contributed by atoms with Gasteiger partial charge >= 0.3 is 11.9 Å². The molecule has 2 amide bonds. The monoisotopic (exact) mass is 392 g/mol. The highest BCUT2D eigenvalue weighted by Crippen LogP contribution is 2.22. The average molecular weight is 392 g/mol. The fraction of sp³-hybridized carbons (Fsp3) is 0.500. The number of carbonyl (C=O) groups excluding carboxylic acids is 2. The van der Waals surface area contributed by atoms with Crippen LogP contribution >= 0.6 is 0 Å². The molecule has 0 radical (unpaired) electrons. The molecule has 0 aliphatic carbocycles. The molecule has 1 heterocycles. The minimum atomic E-state index is -0.819. The maximum atomic E-state index is 12.0. The first-order valence-electron chi connectivity index (χ1n) is 9.47. The highest BCUT2D eigenvalue weighted by atomic mass is 16.4. The number of amides is 2. The van der Waals surface area contributed by atoms with Crippen LogP contribution in [0.2, 0.25) is 0 Å². The van der Waals surface area contributed by atoms with Crippen LogP contribution in [0.25, 0.3) is 0 Å². The molecule has 8 heteroatoms. The Morgan fingerprint density at radius 1 is 0.786 bits per heavy atom. The van der Waals surface area contributed by atoms with E-state index in [1.807, 2.05) is 0 Å². The third-order valence-electron chi connectivity index (χ3n) is 4.25. The van der Waals surface area contributed by atoms with Crippen molar-refractivity contribution in [2.45, 2.75) is 51.4 Å². The molecule has 8 nitrogen and oxygen atoms in total. The first kappa shape index (κ1) is 23.3. The number of carboxylic acids is 2. The summed E-state index contributed by atoms with van der Waals surface area (Å²) < 4.78 is 0. The van der Waals surface area contributed by atoms with Gasteiger partial charge in [0.25, 0.3) is 11.8 Å². The van der Waals surface area contributed by atoms with Crippen molar-refractivity contribution in [2.75, 3.05) is 13.1 Å². The molecule has 0 saturated carbocycles. The standard InChI is InChI=1S/C14H15NO4.C6H13NO2/c16-12(17)8-2-1-5-9-15-13(18)10-6-3-4-7-11(10)14(15)19;7-5-3-1-2-4-6(8)9/h3-4,6-7H,1-2,5,8-9H2,(H,16,17);1-5,7H2,(H,8,9). The Morgan fingerprint density at radius 2 is 1.25 bits per heavy atom. The van der Waals surface area contributed by atoms with Gasteiger partial charge in [-0.3, -0.25) is 24.1 Å². The molecule has 0 spiro atoms. The van der Waals surface area contributed by atoms with Crippen LogP contribution in [-0.2, 0) is 9.59 Å². The number of hydrogen-bond acceptors (Lipinski definition) is 5. The number of hydrogen-bond donors (Lipinski definition) is 3. The largest absolute Gasteiger partial charge is 0.481 e. The number of aliphatic carboxylic acids is 2. The molecule has 4 N–H and O–H groups in total. The number of fused-ring (bicyclic) bond motifs is 1. The van der Waals surface area contributed by atoms with Gasteiger partial charge in [0.05, 0.1) is 11.1 Å². The van der Waals surface area contributed by atoms with Gasteiger partial charge in [-0.25, -0.2) is 0 Å². The van der Waals surface area contributed by atoms with E-state index in [0.29, 0.717) is 43.5 Å². The summed E-state index contributed by atoms with van der Waals surface area (Å²) in [6.45, 7) is 1.02. The second kappa shape index (κ2) is 12.6. The van der Waals surface area contributed by atoms with Crippen molar-refractivity contribution in [3.63, 3.8) is 0 Å². The summed E-state index contributed by atoms with van der Waals surface area (Å²) in [5.41, 5.74) is 6.11. The molecule has 1 aromatic carbocycles. The number of nitrogens with zero attached hydrogens (tertiary/aromatic N) is 1. The number of benzene rings is 1. The zero-order valence-electron chi connectivity index (χ0n) is 15.9. The third-order valence-corrected chi connectivity index (χ3v) is 4.25. The van der Waals surface area contributed by atoms with Crippen molar-refractivity contribution >= 4 is 23.8 Å². The van der Waals surface area contributed by atoms with E-state index in [9.17, 15) is 19.2 Å². The first-order valence-corrected chi connectivity index (χ1v) is 9.47. The van der Waals surface area contributed by atoms with E-state index in [4.69, 9.17) is 15.9 Å². The molecule has 154 valence electrons. The van der Waals surface area contributed by atoms with E-state index in [1.54, 1.807) is 24.3 Å². The van der Waals surface area contributed by atoms with Crippen LogP contribution in [0.1, 0.15) is 72.1 Å². The molecular weight excluding hydrogens is 364 g/mol. The number of carboxylic acid groups (broad SMARTS) is 2. The zero-order valence-corrected chi connectivity index (χ0v) is 15.9. The van der Waals surface area contributed by atoms with Crippen molar-refractivity contribution in [3.8, 4) is 0 Å². The fourth-order valence-electron chi connectivity index (χ4n) is 2.76. The van der Waals surface area contributed by atoms with Gasteiger partial charge in [-0.15, -0.1) is 0 Å². The lowest BCUT2D eigenvalue weighted by molar-refractivity contribution is -0.138. The highest BCUT2D eigenvalue weighted by Gasteiger charge is 2.34. The Hall–Kier alpha value is -2.74. The van der Waals surface area contributed by atoms with Gasteiger partial charge in [0.1, 0.15) is 0 Å². The van der Waals surface area contributed by atoms with Crippen LogP contribution in [0.4, 0.5) is 0 Å². The third kappa shape index (κ3) is 7.87. The second-order valence-corrected chi connectivity index (χ2v) is 6.50. The minimum Gasteiger partial charge on any atom is -0.481 e. The summed E-state index contributed by atoms with van der Waals surface area (Å²) in [7, 11) is 0. The smallest absolute Gasteiger partial charge is 0.303 e. The van der Waals surface area contributed by atoms with Crippen molar-refractivity contribution in [3.05, 3.63) is 35.4 Å². The lowest BCUT2D eigenvalue weighted by atomic mass is 10.1. The van der Waals surface area contributed by atoms with Gasteiger partial charge in [-0.1, -0.05) is 25.0 Å². The topological polar surface area (TPSA) is 138 Å². The van der Waals surface area contributed by atoms with Gasteiger partial charge in [0, 0.05) is 19.4 Å². The van der Waals surface area contributed by atoms with E-state index in [1.165, 1.54) is 4.90 Å². The lowest BCUT2D eigenvalue weighted by Gasteiger charge is -2.13. The molecule has 0 unspecified atom stereocenters. The van der Waals surface area contributed by atoms with Crippen molar-refractivity contribution in [1.29, 1.82) is 0 Å². The predicted octanol–water partition coefficient (Wildman–Crippen LogP) is 2.52. The number of nitrogens with two attached hydrogens (primary N) is 1. The summed E-state index contributed by atoms with van der Waals surface area (Å²) >= 11 is 0. The van der Waals surface area contributed by atoms with E-state index in [2.05, 4.69) is 0 Å². The van der Waals surface area contributed by atoms with Crippen LogP contribution in [0.15, 0.2) is 24.3 Å². The number of rotatable bonds is 11. The molecule has 1 aliphatic heterocycles. The van der Waals surface area contributed by atoms with Crippen LogP contribution < -0.4 is 5.73 Å². The van der Waals surface area contributed by atoms with Gasteiger partial charge < -0.3 is 15.9 Å². The summed E-state index contributed by atoms with van der Waals surface area (Å²) in [6, 6.07) is 6.78. The van der Waals surface area contributed by atoms with Gasteiger partial charge in [-0.2, -0.15) is 0 Å². The first-order chi connectivity index (χ1) is 13.4. The lowest BCUT2D eigenvalue weighted by Crippen LogP contribution is -2.30. The molecule has 0 atom stereocenters. The van der Waals surface area contributed by atoms with Gasteiger partial charge in [-0.05, 0) is 44.4 Å². The van der Waals surface area contributed by atoms with E-state index < -0.39 is 11.9 Å². The number of imide groups is 1. The normalized spacial score (nSPS) is 12.4. The van der Waals surface area contributed by atoms with Crippen LogP contribution in [0.3, 0.4) is 0 Å². The summed E-state index contributed by atoms with van der Waals surface area (Å²) in [5, 5.41) is 16.7. The van der Waals surface area contributed by atoms with Crippen LogP contribution in [-0.4, -0.2) is 52.0 Å². The zero-order chi connectivity index (χ0) is 20.9. The molecule has 1 aromatic rings. The Balaban J connectivity index is 0.000000370. The Labute approximate surface area is 164 Å². The molecule has 1 aliphatic rings. The summed E-state index contributed by atoms with van der Waals surface area (Å²) in [4.78, 5) is 45.5. The quantitative estimate of drug-likeness (QED) is 0.388. The molecule has 0 aromatic heterocycles. The van der Waals surface area contributed by atoms with Crippen LogP contribution in [0.5, 0.6) is 0 Å². The Kier molecular flexibility index (Phi) is 10.5. The van der Waals surface area contributed by atoms with E-state index in [0.717, 1.165) is 19.3 Å². The van der Waals surface area contributed by atoms with Crippen molar-refractivity contribution in [2.24, 2.45) is 5.73 Å². The summed E-state index contributed by atoms with van der Waals surface area (Å²) in [6.07, 6.45) is 4.93. The number of carbonyl (C=O) groups is 4. The number of unbranched alkanes of at least 4 members (excludes halogenated alkanes) is 4. The van der Waals surface area contributed by atoms with Crippen molar-refractivity contribution < 1.29 is 29.4 Å². The SMILES string of the molecule is NCCCCCC(=O)O.O=C(O)CCCCCN1C(=O)c2ccccc2C1=O. The molecular formula is C20H28N2O6. The molecule has 2 rings (SSSR count). The maximum Gasteiger partial charge on any atom is 0.303 e. The fourth-order valence-corrected chi connectivity index (χ4v) is 2.76. The maximum absolute atomic E-state index is 12.0. The predicted molar refractivity (Wildman–Crippen MR) is 103 cm³/mol. The molecule has 0 saturated heterocycles. The highest BCUT2D eigenvalue weighted by molar-refractivity contribution is 6.21. The van der Waals surface area contributed by atoms with Gasteiger partial charge in [0.15, 0.2) is 0 Å². The second-order valence-electron chi connectivity index (χ2n) is 6.50. The minimum absolute atomic E-state index is 0.127. The molecule has 0 bridgehead atoms. The molecule has 28 heavy (non-hydrogen) atoms. The van der Waals surface area contributed by atoms with Crippen LogP contribution in [0, 0.1) is 0 Å². The van der Waals surface area contributed by atoms with Crippen molar-refractivity contribution in [1.82, 2.24) is 4.90 Å². The summed E-state index contributed by atoms with van der Waals surface area (Å²) in [5.74, 6) is -2.04. The molecule has 0 fully saturated rings. The van der Waals surface area contributed by atoms with E-state index >= 15 is 0 Å². The van der Waals surface area contributed by atoms with E-state index in [-0.39, 0.29) is 24.7 Å². The van der Waals surface area contributed by atoms with Gasteiger partial charge in [0.2, 0.25) is 0 Å². The Bertz CT molecular complexity index is 654.